The number of benzene rings is 2. The lowest BCUT2D eigenvalue weighted by molar-refractivity contribution is -0.00997. The summed E-state index contributed by atoms with van der Waals surface area (Å²) in [6.07, 6.45) is 14.5. The molecule has 1 aromatic heterocycles. The Balaban J connectivity index is 1.26. The maximum Gasteiger partial charge on any atom is 0.318 e. The molecule has 4 heterocycles. The SMILES string of the molecule is C#Cc1c(F)ccc2cc(O)cc(C3=Cc4nc(OC[C@]5(C)C[C@@H](F)CN5C5CCOCC5)nc(N(C)C[C@@H]5CCCN5CC=C)c4CC3)c12. The van der Waals surface area contributed by atoms with Crippen LogP contribution in [0.15, 0.2) is 36.9 Å². The summed E-state index contributed by atoms with van der Waals surface area (Å²) in [6.45, 7) is 10.7. The zero-order valence-electron chi connectivity index (χ0n) is 29.1. The van der Waals surface area contributed by atoms with E-state index in [0.717, 1.165) is 62.3 Å². The molecule has 50 heavy (non-hydrogen) atoms. The van der Waals surface area contributed by atoms with E-state index in [1.54, 1.807) is 18.2 Å². The molecule has 264 valence electrons. The molecule has 0 radical (unpaired) electrons. The van der Waals surface area contributed by atoms with Gasteiger partial charge < -0.3 is 19.5 Å². The number of aromatic nitrogens is 2. The van der Waals surface area contributed by atoms with E-state index >= 15 is 4.39 Å². The Hall–Kier alpha value is -4.04. The van der Waals surface area contributed by atoms with Gasteiger partial charge in [0.2, 0.25) is 0 Å². The first-order valence-electron chi connectivity index (χ1n) is 17.9. The number of phenolic OH excluding ortho intramolecular Hbond substituents is 1. The summed E-state index contributed by atoms with van der Waals surface area (Å²) in [4.78, 5) is 16.9. The normalized spacial score (nSPS) is 24.6. The molecule has 0 saturated carbocycles. The number of halogens is 2. The highest BCUT2D eigenvalue weighted by Crippen LogP contribution is 2.41. The minimum Gasteiger partial charge on any atom is -0.508 e. The van der Waals surface area contributed by atoms with Crippen molar-refractivity contribution in [2.45, 2.75) is 75.7 Å². The van der Waals surface area contributed by atoms with Crippen LogP contribution >= 0.6 is 0 Å². The van der Waals surface area contributed by atoms with Gasteiger partial charge in [-0.25, -0.2) is 8.78 Å². The van der Waals surface area contributed by atoms with Crippen molar-refractivity contribution < 1.29 is 23.4 Å². The zero-order chi connectivity index (χ0) is 35.0. The van der Waals surface area contributed by atoms with Gasteiger partial charge in [-0.2, -0.15) is 9.97 Å². The molecule has 8 nitrogen and oxygen atoms in total. The van der Waals surface area contributed by atoms with Crippen molar-refractivity contribution in [3.05, 3.63) is 65.1 Å². The fraction of sp³-hybridized carbons (Fsp3) is 0.500. The minimum atomic E-state index is -0.928. The summed E-state index contributed by atoms with van der Waals surface area (Å²) < 4.78 is 42.0. The molecule has 0 bridgehead atoms. The maximum absolute atomic E-state index is 15.0. The first-order valence-corrected chi connectivity index (χ1v) is 17.9. The number of ether oxygens (including phenoxy) is 2. The number of hydrogen-bond donors (Lipinski definition) is 1. The molecular formula is C40H47F2N5O3. The van der Waals surface area contributed by atoms with Gasteiger partial charge in [-0.1, -0.05) is 18.1 Å². The van der Waals surface area contributed by atoms with Crippen LogP contribution < -0.4 is 9.64 Å². The van der Waals surface area contributed by atoms with E-state index in [1.807, 2.05) is 12.2 Å². The van der Waals surface area contributed by atoms with E-state index in [2.05, 4.69) is 41.2 Å². The van der Waals surface area contributed by atoms with Crippen LogP contribution in [-0.2, 0) is 11.2 Å². The molecule has 0 unspecified atom stereocenters. The predicted molar refractivity (Wildman–Crippen MR) is 194 cm³/mol. The van der Waals surface area contributed by atoms with Crippen molar-refractivity contribution in [1.82, 2.24) is 19.8 Å². The number of fused-ring (bicyclic) bond motifs is 2. The summed E-state index contributed by atoms with van der Waals surface area (Å²) in [7, 11) is 2.07. The molecule has 3 aliphatic heterocycles. The predicted octanol–water partition coefficient (Wildman–Crippen LogP) is 6.39. The van der Waals surface area contributed by atoms with Crippen LogP contribution in [0.1, 0.15) is 67.8 Å². The lowest BCUT2D eigenvalue weighted by Gasteiger charge is -2.41. The first-order chi connectivity index (χ1) is 24.2. The van der Waals surface area contributed by atoms with Crippen molar-refractivity contribution in [3.8, 4) is 24.1 Å². The van der Waals surface area contributed by atoms with Crippen LogP contribution in [0.4, 0.5) is 14.6 Å². The van der Waals surface area contributed by atoms with Crippen LogP contribution in [0, 0.1) is 18.2 Å². The highest BCUT2D eigenvalue weighted by Gasteiger charge is 2.46. The largest absolute Gasteiger partial charge is 0.508 e. The van der Waals surface area contributed by atoms with Crippen molar-refractivity contribution in [1.29, 1.82) is 0 Å². The number of aromatic hydroxyl groups is 1. The van der Waals surface area contributed by atoms with Gasteiger partial charge in [-0.3, -0.25) is 9.80 Å². The number of likely N-dealkylation sites (N-methyl/N-ethyl adjacent to an activating group) is 1. The van der Waals surface area contributed by atoms with E-state index in [9.17, 15) is 9.50 Å². The molecule has 1 N–H and O–H groups in total. The van der Waals surface area contributed by atoms with Crippen molar-refractivity contribution >= 4 is 28.2 Å². The monoisotopic (exact) mass is 683 g/mol. The molecule has 4 aliphatic rings. The van der Waals surface area contributed by atoms with Gasteiger partial charge in [0.25, 0.3) is 0 Å². The molecule has 3 fully saturated rings. The van der Waals surface area contributed by atoms with Crippen LogP contribution in [0.2, 0.25) is 0 Å². The van der Waals surface area contributed by atoms with Gasteiger partial charge in [-0.15, -0.1) is 13.0 Å². The number of likely N-dealkylation sites (tertiary alicyclic amines) is 2. The second kappa shape index (κ2) is 14.3. The number of nitrogens with zero attached hydrogens (tertiary/aromatic N) is 5. The number of allylic oxidation sites excluding steroid dienone is 1. The quantitative estimate of drug-likeness (QED) is 0.195. The van der Waals surface area contributed by atoms with Gasteiger partial charge in [0.15, 0.2) is 0 Å². The van der Waals surface area contributed by atoms with Gasteiger partial charge in [0.05, 0.1) is 16.8 Å². The molecule has 3 atom stereocenters. The fourth-order valence-corrected chi connectivity index (χ4v) is 8.69. The van der Waals surface area contributed by atoms with Crippen molar-refractivity contribution in [3.63, 3.8) is 0 Å². The molecule has 0 spiro atoms. The Morgan fingerprint density at radius 3 is 2.82 bits per heavy atom. The number of alkyl halides is 1. The topological polar surface area (TPSA) is 74.2 Å². The third-order valence-corrected chi connectivity index (χ3v) is 11.1. The van der Waals surface area contributed by atoms with Crippen molar-refractivity contribution in [2.75, 3.05) is 57.9 Å². The van der Waals surface area contributed by atoms with E-state index in [1.165, 1.54) is 6.07 Å². The molecule has 1 aliphatic carbocycles. The molecular weight excluding hydrogens is 636 g/mol. The lowest BCUT2D eigenvalue weighted by Crippen LogP contribution is -2.52. The highest BCUT2D eigenvalue weighted by molar-refractivity contribution is 6.02. The van der Waals surface area contributed by atoms with E-state index in [-0.39, 0.29) is 30.0 Å². The fourth-order valence-electron chi connectivity index (χ4n) is 8.69. The number of terminal acetylenes is 1. The van der Waals surface area contributed by atoms with Crippen LogP contribution in [0.25, 0.3) is 22.4 Å². The Morgan fingerprint density at radius 1 is 1.22 bits per heavy atom. The van der Waals surface area contributed by atoms with Crippen LogP contribution in [0.3, 0.4) is 0 Å². The van der Waals surface area contributed by atoms with Gasteiger partial charge in [-0.05, 0) is 92.8 Å². The molecule has 3 aromatic rings. The zero-order valence-corrected chi connectivity index (χ0v) is 29.1. The Morgan fingerprint density at radius 2 is 2.04 bits per heavy atom. The number of rotatable bonds is 10. The number of phenols is 1. The van der Waals surface area contributed by atoms with Gasteiger partial charge >= 0.3 is 6.01 Å². The van der Waals surface area contributed by atoms with Gasteiger partial charge in [0.1, 0.15) is 30.2 Å². The highest BCUT2D eigenvalue weighted by atomic mass is 19.1. The second-order valence-corrected chi connectivity index (χ2v) is 14.6. The summed E-state index contributed by atoms with van der Waals surface area (Å²) in [6, 6.07) is 7.08. The third-order valence-electron chi connectivity index (χ3n) is 11.1. The molecule has 7 rings (SSSR count). The molecule has 0 amide bonds. The standard InChI is InChI=1S/C40H47F2N5O3/c1-5-15-46-16-7-8-30(46)24-45(4)38-33-11-9-26(34-21-31(48)19-27-10-12-35(42)32(6-2)37(27)34)20-36(33)43-39(44-38)50-25-40(3)22-28(41)23-47(40)29-13-17-49-18-14-29/h2,5,10,12,19-21,28-30,48H,1,7-9,11,13-18,22-25H2,3-4H3/t28-,30+,40+/m1/s1. The summed E-state index contributed by atoms with van der Waals surface area (Å²) in [5.41, 5.74) is 2.94. The first kappa shape index (κ1) is 34.4. The van der Waals surface area contributed by atoms with E-state index < -0.39 is 17.5 Å². The Labute approximate surface area is 293 Å². The molecule has 3 saturated heterocycles. The van der Waals surface area contributed by atoms with Crippen LogP contribution in [0.5, 0.6) is 11.8 Å². The minimum absolute atomic E-state index is 0.0756. The summed E-state index contributed by atoms with van der Waals surface area (Å²) in [5, 5.41) is 11.9. The Kier molecular flexibility index (Phi) is 9.84. The van der Waals surface area contributed by atoms with Gasteiger partial charge in [0, 0.05) is 69.3 Å². The Bertz CT molecular complexity index is 1840. The smallest absolute Gasteiger partial charge is 0.318 e. The molecule has 2 aromatic carbocycles. The van der Waals surface area contributed by atoms with Crippen molar-refractivity contribution in [2.24, 2.45) is 0 Å². The summed E-state index contributed by atoms with van der Waals surface area (Å²) in [5.74, 6) is 2.94. The average Bonchev–Trinajstić information content (AvgIpc) is 3.68. The number of anilines is 1. The van der Waals surface area contributed by atoms with E-state index in [4.69, 9.17) is 25.9 Å². The lowest BCUT2D eigenvalue weighted by atomic mass is 9.87. The van der Waals surface area contributed by atoms with E-state index in [0.29, 0.717) is 67.1 Å². The van der Waals surface area contributed by atoms with Crippen LogP contribution in [-0.4, -0.2) is 102 Å². The maximum atomic E-state index is 15.0. The average molecular weight is 684 g/mol. The number of hydrogen-bond acceptors (Lipinski definition) is 8. The second-order valence-electron chi connectivity index (χ2n) is 14.6. The molecule has 10 heteroatoms. The third kappa shape index (κ3) is 6.71. The summed E-state index contributed by atoms with van der Waals surface area (Å²) >= 11 is 0.